The van der Waals surface area contributed by atoms with Gasteiger partial charge in [0.05, 0.1) is 11.7 Å². The number of anilines is 2. The molecule has 0 amide bonds. The summed E-state index contributed by atoms with van der Waals surface area (Å²) >= 11 is 0. The molecule has 3 heterocycles. The number of rotatable bonds is 5. The number of imidazole rings is 1. The van der Waals surface area contributed by atoms with E-state index in [0.717, 1.165) is 0 Å². The third-order valence-corrected chi connectivity index (χ3v) is 4.50. The molecule has 10 nitrogen and oxygen atoms in total. The van der Waals surface area contributed by atoms with Crippen LogP contribution in [0.1, 0.15) is 30.8 Å². The number of nitrogens with one attached hydrogen (secondary N) is 1. The molecule has 0 aliphatic heterocycles. The predicted octanol–water partition coefficient (Wildman–Crippen LogP) is 1.69. The van der Waals surface area contributed by atoms with Crippen LogP contribution in [0, 0.1) is 11.3 Å². The van der Waals surface area contributed by atoms with Crippen molar-refractivity contribution in [2.24, 2.45) is 0 Å². The summed E-state index contributed by atoms with van der Waals surface area (Å²) in [6, 6.07) is 10.8. The highest BCUT2D eigenvalue weighted by Gasteiger charge is 2.22. The Bertz CT molecular complexity index is 1270. The maximum Gasteiger partial charge on any atom is 0.341 e. The molecule has 0 saturated carbocycles. The zero-order chi connectivity index (χ0) is 20.4. The minimum atomic E-state index is -0.439. The normalized spacial score (nSPS) is 11.9. The van der Waals surface area contributed by atoms with E-state index in [1.807, 2.05) is 43.3 Å². The molecule has 0 spiro atoms. The van der Waals surface area contributed by atoms with Gasteiger partial charge < -0.3 is 11.1 Å². The van der Waals surface area contributed by atoms with Gasteiger partial charge in [-0.1, -0.05) is 25.1 Å². The van der Waals surface area contributed by atoms with E-state index in [9.17, 15) is 10.1 Å². The quantitative estimate of drug-likeness (QED) is 0.527. The molecule has 4 aromatic rings. The molecule has 1 atom stereocenters. The van der Waals surface area contributed by atoms with Gasteiger partial charge in [-0.3, -0.25) is 0 Å². The molecule has 0 radical (unpaired) electrons. The Kier molecular flexibility index (Phi) is 4.62. The van der Waals surface area contributed by atoms with Gasteiger partial charge in [-0.25, -0.2) is 28.7 Å². The van der Waals surface area contributed by atoms with Crippen molar-refractivity contribution in [2.75, 3.05) is 11.1 Å². The number of aromatic nitrogens is 6. The third-order valence-electron chi connectivity index (χ3n) is 4.50. The highest BCUT2D eigenvalue weighted by atomic mass is 16.1. The number of nitrogen functional groups attached to an aromatic ring is 1. The van der Waals surface area contributed by atoms with Crippen molar-refractivity contribution in [1.82, 2.24) is 28.9 Å². The smallest absolute Gasteiger partial charge is 0.341 e. The van der Waals surface area contributed by atoms with Crippen molar-refractivity contribution in [1.29, 1.82) is 5.26 Å². The Balaban J connectivity index is 1.91. The Labute approximate surface area is 165 Å². The van der Waals surface area contributed by atoms with Crippen LogP contribution < -0.4 is 16.7 Å². The van der Waals surface area contributed by atoms with Gasteiger partial charge in [0.25, 0.3) is 0 Å². The predicted molar refractivity (Wildman–Crippen MR) is 106 cm³/mol. The average Bonchev–Trinajstić information content (AvgIpc) is 3.22. The summed E-state index contributed by atoms with van der Waals surface area (Å²) in [5.41, 5.74) is 6.31. The lowest BCUT2D eigenvalue weighted by Crippen LogP contribution is -2.32. The fraction of sp³-hybridized carbons (Fsp3) is 0.158. The van der Waals surface area contributed by atoms with Gasteiger partial charge in [0, 0.05) is 12.4 Å². The summed E-state index contributed by atoms with van der Waals surface area (Å²) < 4.78 is 2.90. The summed E-state index contributed by atoms with van der Waals surface area (Å²) in [6.45, 7) is 1.94. The highest BCUT2D eigenvalue weighted by Crippen LogP contribution is 2.25. The fourth-order valence-corrected chi connectivity index (χ4v) is 3.07. The minimum absolute atomic E-state index is 0.0805. The van der Waals surface area contributed by atoms with Gasteiger partial charge in [-0.15, -0.1) is 0 Å². The van der Waals surface area contributed by atoms with E-state index in [1.54, 1.807) is 6.20 Å². The second-order valence-corrected chi connectivity index (χ2v) is 6.22. The minimum Gasteiger partial charge on any atom is -0.382 e. The summed E-state index contributed by atoms with van der Waals surface area (Å²) in [4.78, 5) is 29.9. The van der Waals surface area contributed by atoms with Crippen molar-refractivity contribution in [2.45, 2.75) is 19.4 Å². The molecule has 0 bridgehead atoms. The Morgan fingerprint density at radius 3 is 2.76 bits per heavy atom. The summed E-state index contributed by atoms with van der Waals surface area (Å²) in [5.74, 6) is 1.10. The molecule has 1 unspecified atom stereocenters. The van der Waals surface area contributed by atoms with Gasteiger partial charge in [-0.2, -0.15) is 10.2 Å². The first-order chi connectivity index (χ1) is 14.1. The molecule has 0 aliphatic rings. The summed E-state index contributed by atoms with van der Waals surface area (Å²) in [5, 5.41) is 12.6. The first-order valence-corrected chi connectivity index (χ1v) is 8.92. The molecule has 0 fully saturated rings. The van der Waals surface area contributed by atoms with Crippen LogP contribution in [0.15, 0.2) is 53.8 Å². The van der Waals surface area contributed by atoms with Crippen molar-refractivity contribution < 1.29 is 0 Å². The van der Waals surface area contributed by atoms with Crippen LogP contribution in [-0.4, -0.2) is 28.9 Å². The fourth-order valence-electron chi connectivity index (χ4n) is 3.07. The number of benzene rings is 1. The zero-order valence-corrected chi connectivity index (χ0v) is 15.5. The Morgan fingerprint density at radius 1 is 1.24 bits per heavy atom. The van der Waals surface area contributed by atoms with E-state index in [2.05, 4.69) is 25.3 Å². The van der Waals surface area contributed by atoms with E-state index in [1.165, 1.54) is 21.5 Å². The van der Waals surface area contributed by atoms with Crippen molar-refractivity contribution >= 4 is 17.4 Å². The van der Waals surface area contributed by atoms with E-state index in [-0.39, 0.29) is 22.9 Å². The molecule has 29 heavy (non-hydrogen) atoms. The van der Waals surface area contributed by atoms with E-state index in [4.69, 9.17) is 5.73 Å². The molecule has 144 valence electrons. The van der Waals surface area contributed by atoms with Gasteiger partial charge in [0.1, 0.15) is 35.4 Å². The lowest BCUT2D eigenvalue weighted by Gasteiger charge is -2.21. The van der Waals surface area contributed by atoms with Gasteiger partial charge in [-0.05, 0) is 18.6 Å². The molecule has 1 aromatic carbocycles. The molecule has 10 heteroatoms. The Hall–Kier alpha value is -4.26. The van der Waals surface area contributed by atoms with Gasteiger partial charge in [0.2, 0.25) is 5.78 Å². The first-order valence-electron chi connectivity index (χ1n) is 8.92. The zero-order valence-electron chi connectivity index (χ0n) is 15.5. The maximum atomic E-state index is 13.2. The van der Waals surface area contributed by atoms with Crippen LogP contribution in [0.4, 0.5) is 11.6 Å². The first kappa shape index (κ1) is 18.1. The SMILES string of the molecule is CCC(Nc1ncnc(N)c1C#N)c1nc2nccn2c(=O)n1-c1ccccc1. The number of fused-ring (bicyclic) bond motifs is 1. The summed E-state index contributed by atoms with van der Waals surface area (Å²) in [6.07, 6.45) is 4.93. The van der Waals surface area contributed by atoms with Crippen LogP contribution in [0.2, 0.25) is 0 Å². The van der Waals surface area contributed by atoms with Crippen molar-refractivity contribution in [3.05, 3.63) is 70.9 Å². The molecular weight excluding hydrogens is 370 g/mol. The van der Waals surface area contributed by atoms with Crippen LogP contribution in [0.3, 0.4) is 0 Å². The molecule has 3 N–H and O–H groups in total. The molecular formula is C19H17N9O. The topological polar surface area (TPSA) is 140 Å². The second kappa shape index (κ2) is 7.40. The lowest BCUT2D eigenvalue weighted by atomic mass is 10.1. The van der Waals surface area contributed by atoms with Crippen LogP contribution in [0.25, 0.3) is 11.5 Å². The number of nitrogens with two attached hydrogens (primary N) is 1. The van der Waals surface area contributed by atoms with Crippen molar-refractivity contribution in [3.8, 4) is 11.8 Å². The maximum absolute atomic E-state index is 13.2. The van der Waals surface area contributed by atoms with Crippen LogP contribution >= 0.6 is 0 Å². The third kappa shape index (κ3) is 3.14. The van der Waals surface area contributed by atoms with Crippen molar-refractivity contribution in [3.63, 3.8) is 0 Å². The molecule has 0 aliphatic carbocycles. The standard InChI is InChI=1S/C19H17N9O/c1-2-14(25-16-13(10-20)15(21)23-11-24-16)17-26-18-22-8-9-27(18)19(29)28(17)12-6-4-3-5-7-12/h3-9,11,14H,2H2,1H3,(H3,21,23,24,25). The number of para-hydroxylation sites is 1. The van der Waals surface area contributed by atoms with Gasteiger partial charge >= 0.3 is 5.69 Å². The summed E-state index contributed by atoms with van der Waals surface area (Å²) in [7, 11) is 0. The van der Waals surface area contributed by atoms with Crippen LogP contribution in [0.5, 0.6) is 0 Å². The van der Waals surface area contributed by atoms with Crippen LogP contribution in [-0.2, 0) is 0 Å². The molecule has 3 aromatic heterocycles. The number of nitriles is 1. The number of hydrogen-bond donors (Lipinski definition) is 2. The monoisotopic (exact) mass is 387 g/mol. The largest absolute Gasteiger partial charge is 0.382 e. The van der Waals surface area contributed by atoms with E-state index < -0.39 is 6.04 Å². The van der Waals surface area contributed by atoms with E-state index in [0.29, 0.717) is 23.7 Å². The molecule has 4 rings (SSSR count). The second-order valence-electron chi connectivity index (χ2n) is 6.22. The average molecular weight is 387 g/mol. The van der Waals surface area contributed by atoms with Gasteiger partial charge in [0.15, 0.2) is 0 Å². The number of hydrogen-bond acceptors (Lipinski definition) is 8. The highest BCUT2D eigenvalue weighted by molar-refractivity contribution is 5.62. The molecule has 0 saturated heterocycles. The van der Waals surface area contributed by atoms with E-state index >= 15 is 0 Å². The lowest BCUT2D eigenvalue weighted by molar-refractivity contribution is 0.636. The Morgan fingerprint density at radius 2 is 2.03 bits per heavy atom. The number of nitrogens with zero attached hydrogens (tertiary/aromatic N) is 7.